The van der Waals surface area contributed by atoms with Crippen LogP contribution in [0.3, 0.4) is 0 Å². The van der Waals surface area contributed by atoms with Crippen molar-refractivity contribution in [3.63, 3.8) is 0 Å². The van der Waals surface area contributed by atoms with E-state index >= 15 is 0 Å². The first-order valence-corrected chi connectivity index (χ1v) is 8.52. The first-order valence-electron chi connectivity index (χ1n) is 2.84. The second kappa shape index (κ2) is 2.83. The molecular weight excluding hydrogens is 132 g/mol. The van der Waals surface area contributed by atoms with Crippen LogP contribution in [-0.4, -0.2) is 25.6 Å². The third-order valence-electron chi connectivity index (χ3n) is 0.589. The Balaban J connectivity index is 3.89. The van der Waals surface area contributed by atoms with Gasteiger partial charge < -0.3 is 0 Å². The molecule has 0 atom stereocenters. The van der Waals surface area contributed by atoms with Crippen molar-refractivity contribution >= 4 is 23.5 Å². The summed E-state index contributed by atoms with van der Waals surface area (Å²) in [5, 5.41) is 0. The average Bonchev–Trinajstić information content (AvgIpc) is 1.21. The lowest BCUT2D eigenvalue weighted by atomic mass is 11.8. The van der Waals surface area contributed by atoms with Crippen molar-refractivity contribution in [2.24, 2.45) is 0 Å². The van der Waals surface area contributed by atoms with E-state index in [1.165, 1.54) is 0 Å². The molecule has 0 aromatic carbocycles. The summed E-state index contributed by atoms with van der Waals surface area (Å²) < 4.78 is 0. The van der Waals surface area contributed by atoms with Gasteiger partial charge in [0.1, 0.15) is 0 Å². The smallest absolute Gasteiger partial charge is 0.0753 e. The van der Waals surface area contributed by atoms with Crippen molar-refractivity contribution in [3.8, 4) is 0 Å². The summed E-state index contributed by atoms with van der Waals surface area (Å²) >= 11 is 0. The summed E-state index contributed by atoms with van der Waals surface area (Å²) in [6.45, 7) is 7.12. The van der Waals surface area contributed by atoms with Crippen molar-refractivity contribution < 1.29 is 0 Å². The molecule has 8 heavy (non-hydrogen) atoms. The number of hydrogen-bond acceptors (Lipinski definition) is 0. The van der Waals surface area contributed by atoms with Gasteiger partial charge in [0, 0.05) is 0 Å². The molecule has 0 amide bonds. The van der Waals surface area contributed by atoms with Crippen LogP contribution in [0.15, 0.2) is 0 Å². The van der Waals surface area contributed by atoms with Gasteiger partial charge in [0.25, 0.3) is 0 Å². The Hall–Kier alpha value is 0.437. The van der Waals surface area contributed by atoms with Crippen LogP contribution in [0.25, 0.3) is 0 Å². The van der Waals surface area contributed by atoms with E-state index in [2.05, 4.69) is 37.1 Å². The molecule has 0 saturated heterocycles. The van der Waals surface area contributed by atoms with E-state index in [0.29, 0.717) is 10.5 Å². The molecule has 50 valence electrons. The Morgan fingerprint density at radius 3 is 1.50 bits per heavy atom. The third-order valence-corrected chi connectivity index (χ3v) is 5.30. The van der Waals surface area contributed by atoms with E-state index in [1.807, 2.05) is 0 Å². The minimum absolute atomic E-state index is 0.552. The fourth-order valence-electron chi connectivity index (χ4n) is 0.707. The van der Waals surface area contributed by atoms with Gasteiger partial charge >= 0.3 is 0 Å². The Bertz CT molecular complexity index is 95.6. The zero-order valence-electron chi connectivity index (χ0n) is 6.49. The average molecular weight is 148 g/mol. The lowest BCUT2D eigenvalue weighted by molar-refractivity contribution is 1.85. The molecule has 0 aliphatic rings. The Morgan fingerprint density at radius 2 is 1.50 bits per heavy atom. The molecule has 0 rings (SSSR count). The first-order chi connectivity index (χ1) is 3.42. The topological polar surface area (TPSA) is 0 Å². The monoisotopic (exact) mass is 148 g/mol. The quantitative estimate of drug-likeness (QED) is 0.395. The van der Waals surface area contributed by atoms with E-state index in [9.17, 15) is 0 Å². The van der Waals surface area contributed by atoms with Gasteiger partial charge in [-0.25, -0.2) is 10.5 Å². The van der Waals surface area contributed by atoms with Crippen molar-refractivity contribution in [2.75, 3.05) is 12.5 Å². The summed E-state index contributed by atoms with van der Waals surface area (Å²) in [4.78, 5) is 2.52. The van der Waals surface area contributed by atoms with Crippen LogP contribution in [-0.2, 0) is 0 Å². The van der Waals surface area contributed by atoms with Crippen LogP contribution in [0.1, 0.15) is 0 Å². The molecule has 0 aliphatic heterocycles. The highest BCUT2D eigenvalue weighted by molar-refractivity contribution is 8.15. The maximum Gasteiger partial charge on any atom is 0.0753 e. The summed E-state index contributed by atoms with van der Waals surface area (Å²) in [7, 11) is -0.281. The van der Waals surface area contributed by atoms with Gasteiger partial charge in [-0.2, -0.15) is 0 Å². The molecule has 0 heterocycles. The molecule has 0 aromatic heterocycles. The SMILES string of the molecule is CS(C)=C[Si](C)(C)C. The lowest BCUT2D eigenvalue weighted by Crippen LogP contribution is -2.21. The predicted octanol–water partition coefficient (Wildman–Crippen LogP) is 2.19. The summed E-state index contributed by atoms with van der Waals surface area (Å²) in [6.07, 6.45) is 4.55. The second-order valence-electron chi connectivity index (χ2n) is 3.36. The molecule has 2 heteroatoms. The highest BCUT2D eigenvalue weighted by Crippen LogP contribution is 2.04. The fraction of sp³-hybridized carbons (Fsp3) is 0.833. The largest absolute Gasteiger partial charge is 0.200 e. The lowest BCUT2D eigenvalue weighted by Gasteiger charge is -2.09. The molecule has 0 nitrogen and oxygen atoms in total. The van der Waals surface area contributed by atoms with E-state index in [4.69, 9.17) is 0 Å². The summed E-state index contributed by atoms with van der Waals surface area (Å²) in [6, 6.07) is 0. The molecular formula is C6H16SSi. The molecule has 0 bridgehead atoms. The van der Waals surface area contributed by atoms with Gasteiger partial charge in [0.05, 0.1) is 8.07 Å². The molecule has 0 saturated carbocycles. The molecule has 0 aliphatic carbocycles. The van der Waals surface area contributed by atoms with E-state index in [-0.39, 0.29) is 0 Å². The maximum atomic E-state index is 2.52. The molecule has 0 unspecified atom stereocenters. The van der Waals surface area contributed by atoms with Crippen LogP contribution in [0.2, 0.25) is 19.6 Å². The predicted molar refractivity (Wildman–Crippen MR) is 48.8 cm³/mol. The molecule has 0 radical (unpaired) electrons. The number of hydrogen-bond donors (Lipinski definition) is 0. The highest BCUT2D eigenvalue weighted by atomic mass is 32.2. The van der Waals surface area contributed by atoms with Gasteiger partial charge in [-0.15, -0.1) is 0 Å². The van der Waals surface area contributed by atoms with Gasteiger partial charge in [-0.05, 0) is 12.5 Å². The fourth-order valence-corrected chi connectivity index (χ4v) is 6.36. The van der Waals surface area contributed by atoms with Gasteiger partial charge in [0.15, 0.2) is 0 Å². The zero-order chi connectivity index (χ0) is 6.78. The standard InChI is InChI=1S/C6H16SSi/c1-7(2)6-8(3,4)5/h6H,1-5H3. The van der Waals surface area contributed by atoms with Crippen LogP contribution < -0.4 is 0 Å². The highest BCUT2D eigenvalue weighted by Gasteiger charge is 2.06. The molecule has 0 spiro atoms. The van der Waals surface area contributed by atoms with Gasteiger partial charge in [0.2, 0.25) is 0 Å². The Kier molecular flexibility index (Phi) is 2.98. The van der Waals surface area contributed by atoms with Crippen molar-refractivity contribution in [2.45, 2.75) is 19.6 Å². The van der Waals surface area contributed by atoms with E-state index in [1.54, 1.807) is 0 Å². The molecule has 0 aromatic rings. The maximum absolute atomic E-state index is 2.52. The molecule has 0 fully saturated rings. The van der Waals surface area contributed by atoms with Crippen LogP contribution in [0, 0.1) is 0 Å². The van der Waals surface area contributed by atoms with Gasteiger partial charge in [-0.3, -0.25) is 0 Å². The van der Waals surface area contributed by atoms with Crippen LogP contribution >= 0.6 is 10.5 Å². The Morgan fingerprint density at radius 1 is 1.12 bits per heavy atom. The normalized spacial score (nSPS) is 12.2. The number of rotatable bonds is 1. The zero-order valence-corrected chi connectivity index (χ0v) is 8.30. The van der Waals surface area contributed by atoms with Crippen molar-refractivity contribution in [3.05, 3.63) is 0 Å². The van der Waals surface area contributed by atoms with Crippen molar-refractivity contribution in [1.82, 2.24) is 0 Å². The van der Waals surface area contributed by atoms with E-state index < -0.39 is 8.07 Å². The van der Waals surface area contributed by atoms with Crippen LogP contribution in [0.5, 0.6) is 0 Å². The summed E-state index contributed by atoms with van der Waals surface area (Å²) in [5.74, 6) is 0. The third kappa shape index (κ3) is 6.44. The first kappa shape index (κ1) is 8.44. The van der Waals surface area contributed by atoms with Crippen LogP contribution in [0.4, 0.5) is 0 Å². The van der Waals surface area contributed by atoms with Crippen molar-refractivity contribution in [1.29, 1.82) is 0 Å². The Labute approximate surface area is 56.2 Å². The summed E-state index contributed by atoms with van der Waals surface area (Å²) in [5.41, 5.74) is 0. The van der Waals surface area contributed by atoms with E-state index in [0.717, 1.165) is 0 Å². The minimum atomic E-state index is -0.833. The minimum Gasteiger partial charge on any atom is -0.200 e. The second-order valence-corrected chi connectivity index (χ2v) is 10.8. The van der Waals surface area contributed by atoms with Gasteiger partial charge in [-0.1, -0.05) is 24.6 Å². The molecule has 0 N–H and O–H groups in total.